The molecule has 0 radical (unpaired) electrons. The zero-order valence-electron chi connectivity index (χ0n) is 10.7. The summed E-state index contributed by atoms with van der Waals surface area (Å²) in [5.74, 6) is 0.840. The number of aromatic amines is 1. The lowest BCUT2D eigenvalue weighted by Crippen LogP contribution is -1.75. The first-order valence-corrected chi connectivity index (χ1v) is 6.81. The highest BCUT2D eigenvalue weighted by Crippen LogP contribution is 2.18. The number of fused-ring (bicyclic) bond motifs is 1. The van der Waals surface area contributed by atoms with Crippen LogP contribution in [0.1, 0.15) is 12.7 Å². The minimum absolute atomic E-state index is 0.840. The second-order valence-electron chi connectivity index (χ2n) is 4.02. The number of benzene rings is 1. The lowest BCUT2D eigenvalue weighted by Gasteiger charge is -1.90. The number of nitrogens with one attached hydrogen (secondary N) is 1. The minimum atomic E-state index is 0.840. The van der Waals surface area contributed by atoms with Gasteiger partial charge in [0.25, 0.3) is 0 Å². The normalized spacial score (nSPS) is 12.8. The van der Waals surface area contributed by atoms with Gasteiger partial charge >= 0.3 is 0 Å². The van der Waals surface area contributed by atoms with Gasteiger partial charge in [0.1, 0.15) is 5.82 Å². The molecule has 2 nitrogen and oxygen atoms in total. The van der Waals surface area contributed by atoms with Crippen molar-refractivity contribution in [3.8, 4) is 0 Å². The molecule has 0 aliphatic carbocycles. The van der Waals surface area contributed by atoms with Crippen LogP contribution in [0.5, 0.6) is 0 Å². The molecule has 2 rings (SSSR count). The number of hydrogen-bond donors (Lipinski definition) is 1. The van der Waals surface area contributed by atoms with E-state index in [1.54, 1.807) is 6.08 Å². The Morgan fingerprint density at radius 2 is 2.21 bits per heavy atom. The van der Waals surface area contributed by atoms with Gasteiger partial charge in [-0.3, -0.25) is 0 Å². The molecule has 1 heterocycles. The van der Waals surface area contributed by atoms with Gasteiger partial charge in [0.15, 0.2) is 0 Å². The molecule has 19 heavy (non-hydrogen) atoms. The molecule has 96 valence electrons. The van der Waals surface area contributed by atoms with Crippen molar-refractivity contribution in [2.24, 2.45) is 0 Å². The predicted molar refractivity (Wildman–Crippen MR) is 85.9 cm³/mol. The second-order valence-corrected chi connectivity index (χ2v) is 4.93. The number of H-pyrrole nitrogens is 1. The summed E-state index contributed by atoms with van der Waals surface area (Å²) in [6.07, 6.45) is 11.7. The summed E-state index contributed by atoms with van der Waals surface area (Å²) < 4.78 is 1.04. The summed E-state index contributed by atoms with van der Waals surface area (Å²) in [6, 6.07) is 5.99. The Kier molecular flexibility index (Phi) is 4.53. The van der Waals surface area contributed by atoms with Gasteiger partial charge in [-0.15, -0.1) is 0 Å². The summed E-state index contributed by atoms with van der Waals surface area (Å²) in [5.41, 5.74) is 3.07. The van der Waals surface area contributed by atoms with E-state index < -0.39 is 0 Å². The number of allylic oxidation sites excluding steroid dienone is 6. The van der Waals surface area contributed by atoms with Crippen molar-refractivity contribution in [3.05, 3.63) is 71.0 Å². The Morgan fingerprint density at radius 1 is 1.37 bits per heavy atom. The van der Waals surface area contributed by atoms with E-state index in [4.69, 9.17) is 0 Å². The molecule has 0 saturated carbocycles. The van der Waals surface area contributed by atoms with Crippen LogP contribution in [-0.4, -0.2) is 9.97 Å². The summed E-state index contributed by atoms with van der Waals surface area (Å²) in [7, 11) is 0. The largest absolute Gasteiger partial charge is 0.338 e. The van der Waals surface area contributed by atoms with Crippen molar-refractivity contribution in [2.75, 3.05) is 0 Å². The van der Waals surface area contributed by atoms with Crippen LogP contribution in [0.4, 0.5) is 0 Å². The molecule has 2 aromatic rings. The van der Waals surface area contributed by atoms with Crippen LogP contribution in [0.25, 0.3) is 17.1 Å². The molecule has 0 bridgehead atoms. The molecule has 3 heteroatoms. The maximum atomic E-state index is 4.51. The number of imidazole rings is 1. The van der Waals surface area contributed by atoms with E-state index in [1.165, 1.54) is 0 Å². The Labute approximate surface area is 121 Å². The topological polar surface area (TPSA) is 28.7 Å². The predicted octanol–water partition coefficient (Wildman–Crippen LogP) is 5.03. The first-order valence-electron chi connectivity index (χ1n) is 6.01. The molecule has 0 spiro atoms. The molecule has 0 aliphatic heterocycles. The number of halogens is 1. The molecule has 0 atom stereocenters. The summed E-state index contributed by atoms with van der Waals surface area (Å²) in [5, 5.41) is 0. The molecule has 1 aromatic carbocycles. The van der Waals surface area contributed by atoms with Crippen molar-refractivity contribution >= 4 is 33.0 Å². The number of rotatable bonds is 4. The van der Waals surface area contributed by atoms with Crippen LogP contribution in [0.3, 0.4) is 0 Å². The molecule has 0 aliphatic rings. The van der Waals surface area contributed by atoms with Gasteiger partial charge in [-0.2, -0.15) is 0 Å². The van der Waals surface area contributed by atoms with Gasteiger partial charge < -0.3 is 4.98 Å². The third-order valence-corrected chi connectivity index (χ3v) is 3.06. The van der Waals surface area contributed by atoms with E-state index in [1.807, 2.05) is 55.5 Å². The average molecular weight is 315 g/mol. The average Bonchev–Trinajstić information content (AvgIpc) is 2.78. The number of nitrogens with zero attached hydrogens (tertiary/aromatic N) is 1. The highest BCUT2D eigenvalue weighted by Gasteiger charge is 2.00. The van der Waals surface area contributed by atoms with Crippen molar-refractivity contribution in [3.63, 3.8) is 0 Å². The first-order chi connectivity index (χ1) is 9.22. The Bertz CT molecular complexity index is 675. The van der Waals surface area contributed by atoms with E-state index >= 15 is 0 Å². The summed E-state index contributed by atoms with van der Waals surface area (Å²) >= 11 is 3.45. The SMILES string of the molecule is C=C/C=C(\C=C/C)/C=C/c1nc2ccc(Br)cc2[nH]1. The standard InChI is InChI=1S/C16H15BrN2/c1-3-5-12(6-4-2)7-10-16-18-14-9-8-13(17)11-15(14)19-16/h3-11H,1H2,2H3,(H,18,19)/b6-4-,10-7+,12-5+. The van der Waals surface area contributed by atoms with Crippen LogP contribution in [0, 0.1) is 0 Å². The summed E-state index contributed by atoms with van der Waals surface area (Å²) in [6.45, 7) is 5.70. The maximum absolute atomic E-state index is 4.51. The van der Waals surface area contributed by atoms with Crippen LogP contribution >= 0.6 is 15.9 Å². The molecule has 0 saturated heterocycles. The van der Waals surface area contributed by atoms with Gasteiger partial charge in [-0.25, -0.2) is 4.98 Å². The fraction of sp³-hybridized carbons (Fsp3) is 0.0625. The van der Waals surface area contributed by atoms with E-state index in [9.17, 15) is 0 Å². The highest BCUT2D eigenvalue weighted by atomic mass is 79.9. The van der Waals surface area contributed by atoms with Gasteiger partial charge in [0.2, 0.25) is 0 Å². The van der Waals surface area contributed by atoms with Crippen molar-refractivity contribution in [2.45, 2.75) is 6.92 Å². The lowest BCUT2D eigenvalue weighted by molar-refractivity contribution is 1.29. The lowest BCUT2D eigenvalue weighted by atomic mass is 10.2. The smallest absolute Gasteiger partial charge is 0.131 e. The van der Waals surface area contributed by atoms with Crippen LogP contribution in [0.15, 0.2) is 65.2 Å². The Hall–Kier alpha value is -1.87. The fourth-order valence-electron chi connectivity index (χ4n) is 1.75. The monoisotopic (exact) mass is 314 g/mol. The van der Waals surface area contributed by atoms with Gasteiger partial charge in [-0.05, 0) is 36.8 Å². The summed E-state index contributed by atoms with van der Waals surface area (Å²) in [4.78, 5) is 7.78. The molecular formula is C16H15BrN2. The quantitative estimate of drug-likeness (QED) is 0.788. The van der Waals surface area contributed by atoms with E-state index in [-0.39, 0.29) is 0 Å². The second kappa shape index (κ2) is 6.34. The van der Waals surface area contributed by atoms with Crippen LogP contribution in [0.2, 0.25) is 0 Å². The molecule has 0 unspecified atom stereocenters. The van der Waals surface area contributed by atoms with Crippen LogP contribution < -0.4 is 0 Å². The maximum Gasteiger partial charge on any atom is 0.131 e. The first kappa shape index (κ1) is 13.6. The van der Waals surface area contributed by atoms with Crippen molar-refractivity contribution in [1.29, 1.82) is 0 Å². The highest BCUT2D eigenvalue weighted by molar-refractivity contribution is 9.10. The van der Waals surface area contributed by atoms with E-state index in [0.717, 1.165) is 26.9 Å². The van der Waals surface area contributed by atoms with Crippen molar-refractivity contribution in [1.82, 2.24) is 9.97 Å². The van der Waals surface area contributed by atoms with Gasteiger partial charge in [0.05, 0.1) is 11.0 Å². The van der Waals surface area contributed by atoms with Gasteiger partial charge in [-0.1, -0.05) is 52.9 Å². The third-order valence-electron chi connectivity index (χ3n) is 2.57. The fourth-order valence-corrected chi connectivity index (χ4v) is 2.11. The Morgan fingerprint density at radius 3 is 2.95 bits per heavy atom. The van der Waals surface area contributed by atoms with E-state index in [0.29, 0.717) is 0 Å². The zero-order chi connectivity index (χ0) is 13.7. The molecule has 0 fully saturated rings. The molecule has 1 aromatic heterocycles. The Balaban J connectivity index is 2.30. The van der Waals surface area contributed by atoms with E-state index in [2.05, 4.69) is 32.5 Å². The molecule has 1 N–H and O–H groups in total. The molecular weight excluding hydrogens is 300 g/mol. The van der Waals surface area contributed by atoms with Crippen molar-refractivity contribution < 1.29 is 0 Å². The number of aromatic nitrogens is 2. The zero-order valence-corrected chi connectivity index (χ0v) is 12.3. The van der Waals surface area contributed by atoms with Crippen LogP contribution in [-0.2, 0) is 0 Å². The van der Waals surface area contributed by atoms with Gasteiger partial charge in [0, 0.05) is 4.47 Å². The third kappa shape index (κ3) is 3.55. The molecule has 0 amide bonds. The number of hydrogen-bond acceptors (Lipinski definition) is 1. The minimum Gasteiger partial charge on any atom is -0.338 e.